The van der Waals surface area contributed by atoms with E-state index in [1.165, 1.54) is 0 Å². The van der Waals surface area contributed by atoms with Crippen molar-refractivity contribution in [3.63, 3.8) is 0 Å². The van der Waals surface area contributed by atoms with Gasteiger partial charge in [0.25, 0.3) is 5.91 Å². The van der Waals surface area contributed by atoms with Gasteiger partial charge in [-0.15, -0.1) is 0 Å². The second-order valence-corrected chi connectivity index (χ2v) is 7.12. The predicted octanol–water partition coefficient (Wildman–Crippen LogP) is 3.39. The highest BCUT2D eigenvalue weighted by Gasteiger charge is 2.33. The first-order valence-electron chi connectivity index (χ1n) is 8.42. The van der Waals surface area contributed by atoms with E-state index < -0.39 is 5.60 Å². The molecule has 1 aliphatic heterocycles. The summed E-state index contributed by atoms with van der Waals surface area (Å²) < 4.78 is 7.82. The maximum atomic E-state index is 13.4. The van der Waals surface area contributed by atoms with E-state index in [9.17, 15) is 4.79 Å². The third kappa shape index (κ3) is 2.76. The van der Waals surface area contributed by atoms with Gasteiger partial charge in [-0.25, -0.2) is 0 Å². The second-order valence-electron chi connectivity index (χ2n) is 7.12. The van der Waals surface area contributed by atoms with Crippen molar-refractivity contribution in [3.8, 4) is 5.75 Å². The first-order valence-corrected chi connectivity index (χ1v) is 8.42. The lowest BCUT2D eigenvalue weighted by atomic mass is 10.1. The van der Waals surface area contributed by atoms with Crippen LogP contribution in [0.15, 0.2) is 48.5 Å². The summed E-state index contributed by atoms with van der Waals surface area (Å²) in [5, 5.41) is 5.35. The van der Waals surface area contributed by atoms with Crippen molar-refractivity contribution < 1.29 is 9.53 Å². The van der Waals surface area contributed by atoms with Crippen LogP contribution < -0.4 is 4.74 Å². The van der Waals surface area contributed by atoms with Crippen LogP contribution in [-0.2, 0) is 13.6 Å². The van der Waals surface area contributed by atoms with Gasteiger partial charge in [0, 0.05) is 24.5 Å². The number of carbonyl (C=O) groups excluding carboxylic acids is 1. The smallest absolute Gasteiger partial charge is 0.273 e. The van der Waals surface area contributed by atoms with Crippen molar-refractivity contribution in [1.82, 2.24) is 14.7 Å². The molecule has 0 aliphatic carbocycles. The van der Waals surface area contributed by atoms with Crippen molar-refractivity contribution in [2.75, 3.05) is 6.54 Å². The average Bonchev–Trinajstić information content (AvgIpc) is 2.82. The van der Waals surface area contributed by atoms with Crippen molar-refractivity contribution in [2.24, 2.45) is 7.05 Å². The van der Waals surface area contributed by atoms with Gasteiger partial charge >= 0.3 is 0 Å². The molecule has 2 aromatic carbocycles. The maximum Gasteiger partial charge on any atom is 0.273 e. The Labute approximate surface area is 146 Å². The molecule has 0 atom stereocenters. The van der Waals surface area contributed by atoms with E-state index in [0.29, 0.717) is 18.8 Å². The van der Waals surface area contributed by atoms with Crippen LogP contribution >= 0.6 is 0 Å². The van der Waals surface area contributed by atoms with Gasteiger partial charge in [0.1, 0.15) is 17.0 Å². The van der Waals surface area contributed by atoms with Crippen molar-refractivity contribution in [3.05, 3.63) is 59.8 Å². The molecule has 5 heteroatoms. The van der Waals surface area contributed by atoms with Gasteiger partial charge in [-0.3, -0.25) is 9.48 Å². The second kappa shape index (κ2) is 5.62. The largest absolute Gasteiger partial charge is 0.486 e. The van der Waals surface area contributed by atoms with Gasteiger partial charge in [0.15, 0.2) is 0 Å². The Morgan fingerprint density at radius 3 is 2.68 bits per heavy atom. The molecule has 0 radical (unpaired) electrons. The van der Waals surface area contributed by atoms with Crippen LogP contribution in [0.25, 0.3) is 10.9 Å². The molecule has 2 heterocycles. The minimum Gasteiger partial charge on any atom is -0.486 e. The molecule has 0 fully saturated rings. The third-order valence-electron chi connectivity index (χ3n) is 4.52. The first-order chi connectivity index (χ1) is 11.9. The molecule has 1 aromatic heterocycles. The molecule has 1 amide bonds. The van der Waals surface area contributed by atoms with Crippen LogP contribution in [0.2, 0.25) is 0 Å². The Kier molecular flexibility index (Phi) is 3.53. The quantitative estimate of drug-likeness (QED) is 0.685. The van der Waals surface area contributed by atoms with E-state index in [-0.39, 0.29) is 5.91 Å². The molecule has 25 heavy (non-hydrogen) atoms. The SMILES string of the molecule is Cn1nc2ccccc2c1C(=O)N1Cc2ccccc2OC(C)(C)C1. The number of hydrogen-bond acceptors (Lipinski definition) is 3. The van der Waals surface area contributed by atoms with Gasteiger partial charge < -0.3 is 9.64 Å². The van der Waals surface area contributed by atoms with Crippen molar-refractivity contribution in [1.29, 1.82) is 0 Å². The zero-order valence-corrected chi connectivity index (χ0v) is 14.7. The van der Waals surface area contributed by atoms with Crippen LogP contribution in [0.3, 0.4) is 0 Å². The average molecular weight is 335 g/mol. The Balaban J connectivity index is 1.78. The molecule has 0 N–H and O–H groups in total. The number of aromatic nitrogens is 2. The highest BCUT2D eigenvalue weighted by Crippen LogP contribution is 2.30. The molecule has 3 aromatic rings. The molecular formula is C20H21N3O2. The summed E-state index contributed by atoms with van der Waals surface area (Å²) in [5.41, 5.74) is 2.01. The number of para-hydroxylation sites is 1. The summed E-state index contributed by atoms with van der Waals surface area (Å²) in [6, 6.07) is 15.7. The highest BCUT2D eigenvalue weighted by molar-refractivity contribution is 6.05. The number of fused-ring (bicyclic) bond motifs is 2. The molecule has 0 bridgehead atoms. The molecule has 0 spiro atoms. The van der Waals surface area contributed by atoms with E-state index in [0.717, 1.165) is 22.2 Å². The number of ether oxygens (including phenoxy) is 1. The van der Waals surface area contributed by atoms with Gasteiger partial charge in [0.05, 0.1) is 12.1 Å². The Morgan fingerprint density at radius 2 is 1.84 bits per heavy atom. The fraction of sp³-hybridized carbons (Fsp3) is 0.300. The summed E-state index contributed by atoms with van der Waals surface area (Å²) >= 11 is 0. The Bertz CT molecular complexity index is 958. The molecule has 128 valence electrons. The maximum absolute atomic E-state index is 13.4. The number of benzene rings is 2. The number of amides is 1. The van der Waals surface area contributed by atoms with Gasteiger partial charge in [-0.05, 0) is 26.0 Å². The van der Waals surface area contributed by atoms with Crippen LogP contribution in [0, 0.1) is 0 Å². The van der Waals surface area contributed by atoms with Crippen molar-refractivity contribution >= 4 is 16.8 Å². The molecular weight excluding hydrogens is 314 g/mol. The van der Waals surface area contributed by atoms with Gasteiger partial charge in [-0.2, -0.15) is 5.10 Å². The molecule has 0 saturated carbocycles. The predicted molar refractivity (Wildman–Crippen MR) is 96.6 cm³/mol. The van der Waals surface area contributed by atoms with Crippen LogP contribution in [-0.4, -0.2) is 32.7 Å². The highest BCUT2D eigenvalue weighted by atomic mass is 16.5. The van der Waals surface area contributed by atoms with Gasteiger partial charge in [-0.1, -0.05) is 36.4 Å². The van der Waals surface area contributed by atoms with Crippen LogP contribution in [0.4, 0.5) is 0 Å². The number of hydrogen-bond donors (Lipinski definition) is 0. The molecule has 4 rings (SSSR count). The fourth-order valence-corrected chi connectivity index (χ4v) is 3.48. The number of carbonyl (C=O) groups is 1. The van der Waals surface area contributed by atoms with Gasteiger partial charge in [0.2, 0.25) is 0 Å². The molecule has 5 nitrogen and oxygen atoms in total. The normalized spacial score (nSPS) is 16.2. The summed E-state index contributed by atoms with van der Waals surface area (Å²) in [6.07, 6.45) is 0. The van der Waals surface area contributed by atoms with E-state index in [1.807, 2.05) is 74.3 Å². The van der Waals surface area contributed by atoms with E-state index in [1.54, 1.807) is 4.68 Å². The topological polar surface area (TPSA) is 47.4 Å². The zero-order chi connectivity index (χ0) is 17.6. The van der Waals surface area contributed by atoms with E-state index >= 15 is 0 Å². The summed E-state index contributed by atoms with van der Waals surface area (Å²) in [5.74, 6) is 0.822. The number of rotatable bonds is 1. The monoisotopic (exact) mass is 335 g/mol. The molecule has 1 aliphatic rings. The standard InChI is InChI=1S/C20H21N3O2/c1-20(2)13-23(12-14-8-4-7-11-17(14)25-20)19(24)18-15-9-5-6-10-16(15)21-22(18)3/h4-11H,12-13H2,1-3H3. The first kappa shape index (κ1) is 15.7. The van der Waals surface area contributed by atoms with E-state index in [2.05, 4.69) is 5.10 Å². The van der Waals surface area contributed by atoms with Crippen LogP contribution in [0.5, 0.6) is 5.75 Å². The van der Waals surface area contributed by atoms with E-state index in [4.69, 9.17) is 4.74 Å². The lowest BCUT2D eigenvalue weighted by Gasteiger charge is -2.29. The summed E-state index contributed by atoms with van der Waals surface area (Å²) in [6.45, 7) is 5.06. The third-order valence-corrected chi connectivity index (χ3v) is 4.52. The fourth-order valence-electron chi connectivity index (χ4n) is 3.48. The number of nitrogens with zero attached hydrogens (tertiary/aromatic N) is 3. The minimum absolute atomic E-state index is 0.0235. The minimum atomic E-state index is -0.462. The zero-order valence-electron chi connectivity index (χ0n) is 14.7. The summed E-state index contributed by atoms with van der Waals surface area (Å²) in [4.78, 5) is 15.2. The Morgan fingerprint density at radius 1 is 1.12 bits per heavy atom. The Hall–Kier alpha value is -2.82. The number of aryl methyl sites for hydroxylation is 1. The molecule has 0 unspecified atom stereocenters. The molecule has 0 saturated heterocycles. The van der Waals surface area contributed by atoms with Crippen LogP contribution in [0.1, 0.15) is 29.9 Å². The lowest BCUT2D eigenvalue weighted by molar-refractivity contribution is 0.0494. The summed E-state index contributed by atoms with van der Waals surface area (Å²) in [7, 11) is 1.82. The van der Waals surface area contributed by atoms with Crippen molar-refractivity contribution in [2.45, 2.75) is 26.0 Å². The lowest BCUT2D eigenvalue weighted by Crippen LogP contribution is -2.43.